The molecule has 0 saturated carbocycles. The van der Waals surface area contributed by atoms with Crippen molar-refractivity contribution in [3.05, 3.63) is 60.1 Å². The Balaban J connectivity index is 1.58. The van der Waals surface area contributed by atoms with E-state index in [2.05, 4.69) is 30.6 Å². The van der Waals surface area contributed by atoms with Crippen LogP contribution in [0.25, 0.3) is 22.3 Å². The average Bonchev–Trinajstić information content (AvgIpc) is 3.34. The van der Waals surface area contributed by atoms with Crippen molar-refractivity contribution in [2.75, 3.05) is 37.1 Å². The maximum absolute atomic E-state index is 15.4. The van der Waals surface area contributed by atoms with Gasteiger partial charge < -0.3 is 20.3 Å². The molecule has 1 saturated heterocycles. The number of alkyl halides is 1. The van der Waals surface area contributed by atoms with E-state index in [4.69, 9.17) is 4.74 Å². The molecule has 0 bridgehead atoms. The SMILES string of the molecule is COc1cccc(F)c1-c1nccc(C(=O)Nc2cc(F)c3c(cnn3CCF)c2N2C[C@H](C)NC[C@@H]2C)n1. The highest BCUT2D eigenvalue weighted by atomic mass is 19.1. The number of carbonyl (C=O) groups excluding carboxylic acids is 1. The smallest absolute Gasteiger partial charge is 0.274 e. The van der Waals surface area contributed by atoms with Crippen LogP contribution in [0.4, 0.5) is 24.5 Å². The van der Waals surface area contributed by atoms with Gasteiger partial charge in [-0.25, -0.2) is 23.1 Å². The van der Waals surface area contributed by atoms with Crippen molar-refractivity contribution in [2.24, 2.45) is 0 Å². The van der Waals surface area contributed by atoms with Crippen LogP contribution in [-0.4, -0.2) is 64.6 Å². The number of hydrogen-bond acceptors (Lipinski definition) is 7. The first-order valence-corrected chi connectivity index (χ1v) is 12.5. The Kier molecular flexibility index (Phi) is 7.38. The molecule has 2 N–H and O–H groups in total. The zero-order valence-corrected chi connectivity index (χ0v) is 21.7. The molecule has 0 unspecified atom stereocenters. The lowest BCUT2D eigenvalue weighted by molar-refractivity contribution is 0.102. The fraction of sp³-hybridized carbons (Fsp3) is 0.333. The highest BCUT2D eigenvalue weighted by Crippen LogP contribution is 2.39. The molecule has 2 aromatic heterocycles. The number of halogens is 3. The zero-order chi connectivity index (χ0) is 27.7. The van der Waals surface area contributed by atoms with Gasteiger partial charge in [0.05, 0.1) is 36.8 Å². The topological polar surface area (TPSA) is 97.2 Å². The maximum atomic E-state index is 15.4. The number of nitrogens with one attached hydrogen (secondary N) is 2. The second kappa shape index (κ2) is 10.9. The molecule has 12 heteroatoms. The number of fused-ring (bicyclic) bond motifs is 1. The number of carbonyl (C=O) groups is 1. The number of nitrogens with zero attached hydrogens (tertiary/aromatic N) is 5. The molecule has 1 aliphatic heterocycles. The van der Waals surface area contributed by atoms with Crippen LogP contribution >= 0.6 is 0 Å². The summed E-state index contributed by atoms with van der Waals surface area (Å²) in [7, 11) is 1.40. The molecule has 2 aromatic carbocycles. The number of methoxy groups -OCH3 is 1. The molecule has 1 fully saturated rings. The zero-order valence-electron chi connectivity index (χ0n) is 21.7. The van der Waals surface area contributed by atoms with E-state index in [1.807, 2.05) is 13.8 Å². The molecule has 9 nitrogen and oxygen atoms in total. The Labute approximate surface area is 223 Å². The van der Waals surface area contributed by atoms with E-state index in [-0.39, 0.29) is 52.7 Å². The lowest BCUT2D eigenvalue weighted by atomic mass is 10.1. The third-order valence-corrected chi connectivity index (χ3v) is 6.75. The molecule has 1 aliphatic rings. The van der Waals surface area contributed by atoms with Crippen molar-refractivity contribution in [2.45, 2.75) is 32.5 Å². The summed E-state index contributed by atoms with van der Waals surface area (Å²) in [6.07, 6.45) is 2.83. The second-order valence-corrected chi connectivity index (χ2v) is 9.42. The van der Waals surface area contributed by atoms with Crippen LogP contribution in [0, 0.1) is 11.6 Å². The highest BCUT2D eigenvalue weighted by molar-refractivity contribution is 6.09. The molecule has 0 radical (unpaired) electrons. The molecule has 0 aliphatic carbocycles. The molecule has 1 amide bonds. The highest BCUT2D eigenvalue weighted by Gasteiger charge is 2.29. The summed E-state index contributed by atoms with van der Waals surface area (Å²) >= 11 is 0. The summed E-state index contributed by atoms with van der Waals surface area (Å²) in [6, 6.07) is 7.05. The molecule has 204 valence electrons. The number of anilines is 2. The molecule has 2 atom stereocenters. The van der Waals surface area contributed by atoms with Gasteiger partial charge in [-0.05, 0) is 32.0 Å². The van der Waals surface area contributed by atoms with Gasteiger partial charge in [-0.3, -0.25) is 9.48 Å². The van der Waals surface area contributed by atoms with Gasteiger partial charge in [0.25, 0.3) is 5.91 Å². The fourth-order valence-electron chi connectivity index (χ4n) is 4.89. The molecule has 4 aromatic rings. The summed E-state index contributed by atoms with van der Waals surface area (Å²) in [5.41, 5.74) is 0.929. The summed E-state index contributed by atoms with van der Waals surface area (Å²) in [5.74, 6) is -1.70. The van der Waals surface area contributed by atoms with Crippen LogP contribution < -0.4 is 20.3 Å². The number of ether oxygens (including phenoxy) is 1. The number of piperazine rings is 1. The van der Waals surface area contributed by atoms with Gasteiger partial charge in [-0.1, -0.05) is 6.07 Å². The van der Waals surface area contributed by atoms with E-state index in [1.54, 1.807) is 6.07 Å². The first-order valence-electron chi connectivity index (χ1n) is 12.5. The predicted molar refractivity (Wildman–Crippen MR) is 142 cm³/mol. The molecular formula is C27H28F3N7O2. The van der Waals surface area contributed by atoms with Crippen molar-refractivity contribution in [1.29, 1.82) is 0 Å². The third-order valence-electron chi connectivity index (χ3n) is 6.75. The van der Waals surface area contributed by atoms with Gasteiger partial charge in [-0.15, -0.1) is 0 Å². The first kappa shape index (κ1) is 26.4. The van der Waals surface area contributed by atoms with E-state index >= 15 is 4.39 Å². The average molecular weight is 540 g/mol. The fourth-order valence-corrected chi connectivity index (χ4v) is 4.89. The third kappa shape index (κ3) is 4.99. The van der Waals surface area contributed by atoms with Crippen LogP contribution in [-0.2, 0) is 6.54 Å². The van der Waals surface area contributed by atoms with Crippen molar-refractivity contribution in [3.8, 4) is 17.1 Å². The van der Waals surface area contributed by atoms with Gasteiger partial charge in [0.2, 0.25) is 0 Å². The number of benzene rings is 2. The Morgan fingerprint density at radius 3 is 2.82 bits per heavy atom. The first-order chi connectivity index (χ1) is 18.8. The summed E-state index contributed by atoms with van der Waals surface area (Å²) < 4.78 is 49.7. The number of hydrogen-bond donors (Lipinski definition) is 2. The maximum Gasteiger partial charge on any atom is 0.274 e. The van der Waals surface area contributed by atoms with E-state index in [0.29, 0.717) is 24.2 Å². The van der Waals surface area contributed by atoms with E-state index in [0.717, 1.165) is 0 Å². The standard InChI is InChI=1S/C27H28F3N7O2/c1-15-14-36(16(2)12-32-15)25-17-13-33-37(10-8-28)24(17)19(30)11-21(25)35-27(38)20-7-9-31-26(34-20)23-18(29)5-4-6-22(23)39-3/h4-7,9,11,13,15-16,32H,8,10,12,14H2,1-3H3,(H,35,38)/t15-,16-/m0/s1. The number of rotatable bonds is 7. The van der Waals surface area contributed by atoms with E-state index in [9.17, 15) is 13.6 Å². The van der Waals surface area contributed by atoms with Crippen molar-refractivity contribution < 1.29 is 22.7 Å². The number of amides is 1. The monoisotopic (exact) mass is 539 g/mol. The van der Waals surface area contributed by atoms with Gasteiger partial charge in [0, 0.05) is 42.8 Å². The van der Waals surface area contributed by atoms with Crippen molar-refractivity contribution >= 4 is 28.2 Å². The molecule has 39 heavy (non-hydrogen) atoms. The lowest BCUT2D eigenvalue weighted by Crippen LogP contribution is -2.54. The van der Waals surface area contributed by atoms with Crippen LogP contribution in [0.15, 0.2) is 42.7 Å². The minimum Gasteiger partial charge on any atom is -0.496 e. The molecule has 5 rings (SSSR count). The van der Waals surface area contributed by atoms with E-state index < -0.39 is 24.2 Å². The van der Waals surface area contributed by atoms with Crippen molar-refractivity contribution in [1.82, 2.24) is 25.1 Å². The van der Waals surface area contributed by atoms with Gasteiger partial charge in [0.15, 0.2) is 11.6 Å². The van der Waals surface area contributed by atoms with Crippen LogP contribution in [0.5, 0.6) is 5.75 Å². The van der Waals surface area contributed by atoms with Crippen molar-refractivity contribution in [3.63, 3.8) is 0 Å². The van der Waals surface area contributed by atoms with Gasteiger partial charge >= 0.3 is 0 Å². The van der Waals surface area contributed by atoms with Gasteiger partial charge in [-0.2, -0.15) is 5.10 Å². The minimum absolute atomic E-state index is 0.00853. The van der Waals surface area contributed by atoms with Crippen LogP contribution in [0.3, 0.4) is 0 Å². The summed E-state index contributed by atoms with van der Waals surface area (Å²) in [4.78, 5) is 23.9. The molecular weight excluding hydrogens is 511 g/mol. The Hall–Kier alpha value is -4.19. The molecule has 0 spiro atoms. The van der Waals surface area contributed by atoms with Crippen LogP contribution in [0.1, 0.15) is 24.3 Å². The quantitative estimate of drug-likeness (QED) is 0.364. The molecule has 3 heterocycles. The largest absolute Gasteiger partial charge is 0.496 e. The van der Waals surface area contributed by atoms with E-state index in [1.165, 1.54) is 48.5 Å². The van der Waals surface area contributed by atoms with Gasteiger partial charge in [0.1, 0.15) is 29.5 Å². The lowest BCUT2D eigenvalue weighted by Gasteiger charge is -2.40. The second-order valence-electron chi connectivity index (χ2n) is 9.42. The number of aryl methyl sites for hydroxylation is 1. The summed E-state index contributed by atoms with van der Waals surface area (Å²) in [5, 5.41) is 10.9. The van der Waals surface area contributed by atoms with Crippen LogP contribution in [0.2, 0.25) is 0 Å². The normalized spacial score (nSPS) is 17.4. The minimum atomic E-state index is -0.700. The Morgan fingerprint density at radius 2 is 2.05 bits per heavy atom. The number of aromatic nitrogens is 4. The Morgan fingerprint density at radius 1 is 1.23 bits per heavy atom. The predicted octanol–water partition coefficient (Wildman–Crippen LogP) is 4.19. The Bertz CT molecular complexity index is 1530. The summed E-state index contributed by atoms with van der Waals surface area (Å²) in [6.45, 7) is 4.51.